The van der Waals surface area contributed by atoms with Crippen molar-refractivity contribution in [3.8, 4) is 0 Å². The highest BCUT2D eigenvalue weighted by Crippen LogP contribution is 2.39. The summed E-state index contributed by atoms with van der Waals surface area (Å²) in [5.74, 6) is 0. The molecule has 0 aromatic carbocycles. The first kappa shape index (κ1) is 11.9. The van der Waals surface area contributed by atoms with Crippen LogP contribution in [0.4, 0.5) is 0 Å². The zero-order valence-electron chi connectivity index (χ0n) is 11.2. The van der Waals surface area contributed by atoms with Gasteiger partial charge in [-0.3, -0.25) is 4.68 Å². The molecule has 17 heavy (non-hydrogen) atoms. The van der Waals surface area contributed by atoms with Crippen LogP contribution in [-0.4, -0.2) is 19.3 Å². The van der Waals surface area contributed by atoms with Gasteiger partial charge in [0.05, 0.1) is 12.5 Å². The highest BCUT2D eigenvalue weighted by atomic mass is 15.2. The predicted molar refractivity (Wildman–Crippen MR) is 67.8 cm³/mol. The summed E-state index contributed by atoms with van der Waals surface area (Å²) in [6, 6.07) is 0. The van der Waals surface area contributed by atoms with Crippen LogP contribution in [0, 0.1) is 0 Å². The zero-order chi connectivity index (χ0) is 12.7. The molecule has 4 heteroatoms. The Bertz CT molecular complexity index is 491. The highest BCUT2D eigenvalue weighted by Gasteiger charge is 2.40. The number of aryl methyl sites for hydroxylation is 1. The number of aromatic nitrogens is 4. The molecule has 2 rings (SSSR count). The molecule has 0 unspecified atom stereocenters. The van der Waals surface area contributed by atoms with E-state index in [1.54, 1.807) is 0 Å². The molecule has 2 heterocycles. The second-order valence-electron chi connectivity index (χ2n) is 5.56. The smallest absolute Gasteiger partial charge is 0.0951 e. The second-order valence-corrected chi connectivity index (χ2v) is 5.56. The van der Waals surface area contributed by atoms with Crippen molar-refractivity contribution in [3.63, 3.8) is 0 Å². The molecule has 0 aliphatic rings. The lowest BCUT2D eigenvalue weighted by Gasteiger charge is -2.42. The van der Waals surface area contributed by atoms with Crippen LogP contribution in [0.15, 0.2) is 31.1 Å². The van der Waals surface area contributed by atoms with Crippen molar-refractivity contribution in [1.29, 1.82) is 0 Å². The summed E-state index contributed by atoms with van der Waals surface area (Å²) in [6.45, 7) is 8.93. The van der Waals surface area contributed by atoms with Gasteiger partial charge in [0, 0.05) is 36.6 Å². The van der Waals surface area contributed by atoms with Gasteiger partial charge in [-0.25, -0.2) is 4.98 Å². The van der Waals surface area contributed by atoms with Gasteiger partial charge in [-0.1, -0.05) is 13.8 Å². The molecule has 4 nitrogen and oxygen atoms in total. The summed E-state index contributed by atoms with van der Waals surface area (Å²) in [7, 11) is 1.95. The zero-order valence-corrected chi connectivity index (χ0v) is 11.2. The Hall–Kier alpha value is -1.58. The van der Waals surface area contributed by atoms with E-state index in [0.717, 1.165) is 0 Å². The molecule has 0 saturated carbocycles. The van der Waals surface area contributed by atoms with Crippen LogP contribution >= 0.6 is 0 Å². The number of rotatable bonds is 3. The minimum Gasteiger partial charge on any atom is -0.331 e. The van der Waals surface area contributed by atoms with Crippen molar-refractivity contribution in [2.45, 2.75) is 38.6 Å². The van der Waals surface area contributed by atoms with E-state index in [0.29, 0.717) is 0 Å². The number of imidazole rings is 1. The van der Waals surface area contributed by atoms with Crippen LogP contribution in [0.25, 0.3) is 0 Å². The first-order valence-corrected chi connectivity index (χ1v) is 5.83. The predicted octanol–water partition coefficient (Wildman–Crippen LogP) is 2.33. The van der Waals surface area contributed by atoms with Gasteiger partial charge in [0.1, 0.15) is 0 Å². The molecule has 0 amide bonds. The summed E-state index contributed by atoms with van der Waals surface area (Å²) >= 11 is 0. The molecule has 0 saturated heterocycles. The quantitative estimate of drug-likeness (QED) is 0.814. The molecule has 0 N–H and O–H groups in total. The van der Waals surface area contributed by atoms with E-state index < -0.39 is 0 Å². The Morgan fingerprint density at radius 1 is 1.18 bits per heavy atom. The number of hydrogen-bond donors (Lipinski definition) is 0. The highest BCUT2D eigenvalue weighted by molar-refractivity contribution is 5.22. The lowest BCUT2D eigenvalue weighted by molar-refractivity contribution is 0.200. The molecular formula is C13H20N4. The lowest BCUT2D eigenvalue weighted by atomic mass is 9.70. The maximum Gasteiger partial charge on any atom is 0.0951 e. The maximum atomic E-state index is 4.27. The van der Waals surface area contributed by atoms with Gasteiger partial charge in [-0.2, -0.15) is 5.10 Å². The SMILES string of the molecule is Cn1cc(C(C)(C)C(C)(C)n2ccnc2)cn1. The summed E-state index contributed by atoms with van der Waals surface area (Å²) in [6.07, 6.45) is 9.73. The van der Waals surface area contributed by atoms with E-state index >= 15 is 0 Å². The van der Waals surface area contributed by atoms with Crippen molar-refractivity contribution in [2.24, 2.45) is 7.05 Å². The summed E-state index contributed by atoms with van der Waals surface area (Å²) in [5, 5.41) is 4.27. The van der Waals surface area contributed by atoms with Crippen LogP contribution in [0.5, 0.6) is 0 Å². The first-order chi connectivity index (χ1) is 7.85. The molecule has 2 aromatic heterocycles. The van der Waals surface area contributed by atoms with Gasteiger partial charge >= 0.3 is 0 Å². The van der Waals surface area contributed by atoms with E-state index in [4.69, 9.17) is 0 Å². The fourth-order valence-corrected chi connectivity index (χ4v) is 2.01. The average Bonchev–Trinajstić information content (AvgIpc) is 2.86. The molecular weight excluding hydrogens is 212 g/mol. The summed E-state index contributed by atoms with van der Waals surface area (Å²) in [5.41, 5.74) is 1.15. The third-order valence-electron chi connectivity index (χ3n) is 4.11. The Morgan fingerprint density at radius 2 is 1.88 bits per heavy atom. The van der Waals surface area contributed by atoms with E-state index in [-0.39, 0.29) is 11.0 Å². The minimum absolute atomic E-state index is 0.0258. The van der Waals surface area contributed by atoms with Crippen LogP contribution in [0.3, 0.4) is 0 Å². The third-order valence-corrected chi connectivity index (χ3v) is 4.11. The molecule has 0 bridgehead atoms. The lowest BCUT2D eigenvalue weighted by Crippen LogP contribution is -2.44. The average molecular weight is 232 g/mol. The van der Waals surface area contributed by atoms with Crippen molar-refractivity contribution in [2.75, 3.05) is 0 Å². The maximum absolute atomic E-state index is 4.27. The van der Waals surface area contributed by atoms with E-state index in [9.17, 15) is 0 Å². The Morgan fingerprint density at radius 3 is 2.35 bits per heavy atom. The molecule has 2 aromatic rings. The minimum atomic E-state index is -0.0630. The van der Waals surface area contributed by atoms with Crippen molar-refractivity contribution < 1.29 is 0 Å². The first-order valence-electron chi connectivity index (χ1n) is 5.83. The largest absolute Gasteiger partial charge is 0.331 e. The van der Waals surface area contributed by atoms with Crippen LogP contribution in [-0.2, 0) is 18.0 Å². The number of nitrogens with zero attached hydrogens (tertiary/aromatic N) is 4. The van der Waals surface area contributed by atoms with Crippen molar-refractivity contribution >= 4 is 0 Å². The third kappa shape index (κ3) is 1.77. The van der Waals surface area contributed by atoms with Gasteiger partial charge in [0.2, 0.25) is 0 Å². The molecule has 0 aliphatic heterocycles. The van der Waals surface area contributed by atoms with Crippen LogP contribution in [0.1, 0.15) is 33.3 Å². The molecule has 0 atom stereocenters. The molecule has 0 spiro atoms. The topological polar surface area (TPSA) is 35.6 Å². The van der Waals surface area contributed by atoms with Gasteiger partial charge in [-0.05, 0) is 19.4 Å². The van der Waals surface area contributed by atoms with Crippen LogP contribution < -0.4 is 0 Å². The molecule has 0 radical (unpaired) electrons. The Kier molecular flexibility index (Phi) is 2.60. The monoisotopic (exact) mass is 232 g/mol. The summed E-state index contributed by atoms with van der Waals surface area (Å²) < 4.78 is 4.00. The Balaban J connectivity index is 2.44. The van der Waals surface area contributed by atoms with Gasteiger partial charge < -0.3 is 4.57 Å². The van der Waals surface area contributed by atoms with Crippen molar-refractivity contribution in [3.05, 3.63) is 36.7 Å². The second kappa shape index (κ2) is 3.72. The summed E-state index contributed by atoms with van der Waals surface area (Å²) in [4.78, 5) is 4.14. The van der Waals surface area contributed by atoms with E-state index in [1.165, 1.54) is 5.56 Å². The molecule has 92 valence electrons. The Labute approximate surface area is 102 Å². The normalized spacial score (nSPS) is 13.0. The standard InChI is InChI=1S/C13H20N4/c1-12(2,11-8-15-16(5)9-11)13(3,4)17-7-6-14-10-17/h6-10H,1-5H3. The van der Waals surface area contributed by atoms with Crippen molar-refractivity contribution in [1.82, 2.24) is 19.3 Å². The van der Waals surface area contributed by atoms with E-state index in [1.807, 2.05) is 36.6 Å². The molecule has 0 aliphatic carbocycles. The number of hydrogen-bond acceptors (Lipinski definition) is 2. The fourth-order valence-electron chi connectivity index (χ4n) is 2.01. The van der Waals surface area contributed by atoms with E-state index in [2.05, 4.69) is 48.5 Å². The molecule has 0 fully saturated rings. The fraction of sp³-hybridized carbons (Fsp3) is 0.538. The van der Waals surface area contributed by atoms with Gasteiger partial charge in [0.15, 0.2) is 0 Å². The van der Waals surface area contributed by atoms with Crippen LogP contribution in [0.2, 0.25) is 0 Å². The van der Waals surface area contributed by atoms with Gasteiger partial charge in [0.25, 0.3) is 0 Å². The van der Waals surface area contributed by atoms with Gasteiger partial charge in [-0.15, -0.1) is 0 Å².